The Kier molecular flexibility index (Phi) is 4.54. The second kappa shape index (κ2) is 6.34. The number of ether oxygens (including phenoxy) is 1. The normalized spacial score (nSPS) is 17.3. The Morgan fingerprint density at radius 1 is 1.17 bits per heavy atom. The van der Waals surface area contributed by atoms with Crippen LogP contribution in [0, 0.1) is 0 Å². The molecule has 2 heteroatoms. The lowest BCUT2D eigenvalue weighted by Crippen LogP contribution is -2.35. The molecule has 0 spiro atoms. The molecule has 0 unspecified atom stereocenters. The maximum Gasteiger partial charge on any atom is 0.0938 e. The van der Waals surface area contributed by atoms with Gasteiger partial charge in [0, 0.05) is 0 Å². The zero-order valence-corrected chi connectivity index (χ0v) is 15.1. The van der Waals surface area contributed by atoms with Crippen molar-refractivity contribution in [3.8, 4) is 0 Å². The summed E-state index contributed by atoms with van der Waals surface area (Å²) in [6, 6.07) is 13.0. The van der Waals surface area contributed by atoms with Crippen molar-refractivity contribution in [2.24, 2.45) is 0 Å². The topological polar surface area (TPSA) is 29.5 Å². The Balaban J connectivity index is 2.12. The number of aliphatic hydroxyl groups is 1. The van der Waals surface area contributed by atoms with Gasteiger partial charge in [-0.25, -0.2) is 0 Å². The number of fused-ring (bicyclic) bond motifs is 1. The molecule has 0 atom stereocenters. The Labute approximate surface area is 145 Å². The third kappa shape index (κ3) is 3.40. The smallest absolute Gasteiger partial charge is 0.0938 e. The largest absolute Gasteiger partial charge is 0.388 e. The van der Waals surface area contributed by atoms with E-state index in [-0.39, 0.29) is 5.60 Å². The van der Waals surface area contributed by atoms with Crippen LogP contribution in [0.5, 0.6) is 0 Å². The predicted octanol–water partition coefficient (Wildman–Crippen LogP) is 5.43. The highest BCUT2D eigenvalue weighted by molar-refractivity contribution is 5.87. The number of hydrogen-bond acceptors (Lipinski definition) is 2. The van der Waals surface area contributed by atoms with Gasteiger partial charge in [-0.1, -0.05) is 49.3 Å². The number of allylic oxidation sites excluding steroid dienone is 1. The molecule has 24 heavy (non-hydrogen) atoms. The molecule has 0 aromatic heterocycles. The van der Waals surface area contributed by atoms with E-state index in [4.69, 9.17) is 4.74 Å². The minimum atomic E-state index is -0.824. The first-order valence-corrected chi connectivity index (χ1v) is 8.86. The molecule has 128 valence electrons. The van der Waals surface area contributed by atoms with E-state index in [2.05, 4.69) is 49.9 Å². The predicted molar refractivity (Wildman–Crippen MR) is 101 cm³/mol. The monoisotopic (exact) mass is 324 g/mol. The van der Waals surface area contributed by atoms with Gasteiger partial charge in [-0.05, 0) is 67.6 Å². The highest BCUT2D eigenvalue weighted by atomic mass is 16.5. The van der Waals surface area contributed by atoms with Gasteiger partial charge in [-0.2, -0.15) is 0 Å². The first kappa shape index (κ1) is 17.2. The molecular weight excluding hydrogens is 296 g/mol. The summed E-state index contributed by atoms with van der Waals surface area (Å²) in [7, 11) is 0. The van der Waals surface area contributed by atoms with Crippen LogP contribution in [0.4, 0.5) is 0 Å². The van der Waals surface area contributed by atoms with E-state index in [9.17, 15) is 5.11 Å². The van der Waals surface area contributed by atoms with Crippen LogP contribution < -0.4 is 0 Å². The third-order valence-corrected chi connectivity index (χ3v) is 4.95. The van der Waals surface area contributed by atoms with E-state index in [0.717, 1.165) is 31.3 Å². The molecule has 0 amide bonds. The molecule has 0 heterocycles. The van der Waals surface area contributed by atoms with E-state index in [1.807, 2.05) is 0 Å². The zero-order valence-electron chi connectivity index (χ0n) is 15.1. The SMILES string of the molecule is C=C(C)c1cc2ccccc2cc1C1(OCC(C)(C)O)CCCC1. The molecule has 0 aliphatic heterocycles. The van der Waals surface area contributed by atoms with E-state index < -0.39 is 5.60 Å². The van der Waals surface area contributed by atoms with Gasteiger partial charge in [0.1, 0.15) is 0 Å². The van der Waals surface area contributed by atoms with E-state index >= 15 is 0 Å². The van der Waals surface area contributed by atoms with Gasteiger partial charge >= 0.3 is 0 Å². The van der Waals surface area contributed by atoms with Crippen molar-refractivity contribution in [2.75, 3.05) is 6.61 Å². The first-order valence-electron chi connectivity index (χ1n) is 8.86. The van der Waals surface area contributed by atoms with Gasteiger partial charge in [0.15, 0.2) is 0 Å². The summed E-state index contributed by atoms with van der Waals surface area (Å²) >= 11 is 0. The molecule has 0 bridgehead atoms. The summed E-state index contributed by atoms with van der Waals surface area (Å²) in [4.78, 5) is 0. The van der Waals surface area contributed by atoms with Crippen molar-refractivity contribution in [1.82, 2.24) is 0 Å². The fourth-order valence-corrected chi connectivity index (χ4v) is 3.72. The van der Waals surface area contributed by atoms with Crippen LogP contribution in [-0.4, -0.2) is 17.3 Å². The summed E-state index contributed by atoms with van der Waals surface area (Å²) in [6.45, 7) is 10.2. The van der Waals surface area contributed by atoms with Crippen molar-refractivity contribution < 1.29 is 9.84 Å². The number of hydrogen-bond donors (Lipinski definition) is 1. The summed E-state index contributed by atoms with van der Waals surface area (Å²) in [5, 5.41) is 12.6. The molecule has 1 N–H and O–H groups in total. The maximum absolute atomic E-state index is 10.1. The van der Waals surface area contributed by atoms with Crippen molar-refractivity contribution in [1.29, 1.82) is 0 Å². The van der Waals surface area contributed by atoms with Crippen LogP contribution in [-0.2, 0) is 10.3 Å². The summed E-state index contributed by atoms with van der Waals surface area (Å²) in [5.74, 6) is 0. The van der Waals surface area contributed by atoms with Crippen LogP contribution in [0.25, 0.3) is 16.3 Å². The molecule has 2 aromatic rings. The van der Waals surface area contributed by atoms with Crippen LogP contribution in [0.3, 0.4) is 0 Å². The minimum absolute atomic E-state index is 0.307. The van der Waals surface area contributed by atoms with E-state index in [0.29, 0.717) is 6.61 Å². The molecule has 0 radical (unpaired) electrons. The first-order chi connectivity index (χ1) is 11.3. The fraction of sp³-hybridized carbons (Fsp3) is 0.455. The van der Waals surface area contributed by atoms with Crippen LogP contribution >= 0.6 is 0 Å². The second-order valence-electron chi connectivity index (χ2n) is 7.83. The summed E-state index contributed by atoms with van der Waals surface area (Å²) < 4.78 is 6.39. The molecule has 2 aromatic carbocycles. The van der Waals surface area contributed by atoms with Gasteiger partial charge in [0.2, 0.25) is 0 Å². The minimum Gasteiger partial charge on any atom is -0.388 e. The summed E-state index contributed by atoms with van der Waals surface area (Å²) in [6.07, 6.45) is 4.33. The standard InChI is InChI=1S/C22H28O2/c1-16(2)19-13-17-9-5-6-10-18(17)14-20(19)22(11-7-8-12-22)24-15-21(3,4)23/h5-6,9-10,13-14,23H,1,7-8,11-12,15H2,2-4H3. The molecule has 1 saturated carbocycles. The molecule has 2 nitrogen and oxygen atoms in total. The van der Waals surface area contributed by atoms with E-state index in [1.54, 1.807) is 13.8 Å². The highest BCUT2D eigenvalue weighted by Crippen LogP contribution is 2.46. The third-order valence-electron chi connectivity index (χ3n) is 4.95. The van der Waals surface area contributed by atoms with E-state index in [1.165, 1.54) is 21.9 Å². The Bertz CT molecular complexity index is 746. The highest BCUT2D eigenvalue weighted by Gasteiger charge is 2.39. The molecule has 1 aliphatic carbocycles. The number of benzene rings is 2. The average molecular weight is 324 g/mol. The van der Waals surface area contributed by atoms with Crippen LogP contribution in [0.15, 0.2) is 43.0 Å². The quantitative estimate of drug-likeness (QED) is 0.794. The van der Waals surface area contributed by atoms with Crippen LogP contribution in [0.2, 0.25) is 0 Å². The maximum atomic E-state index is 10.1. The molecule has 1 fully saturated rings. The summed E-state index contributed by atoms with van der Waals surface area (Å²) in [5.41, 5.74) is 2.35. The Hall–Kier alpha value is -1.64. The van der Waals surface area contributed by atoms with Gasteiger partial charge in [0.25, 0.3) is 0 Å². The van der Waals surface area contributed by atoms with Crippen molar-refractivity contribution in [3.63, 3.8) is 0 Å². The lowest BCUT2D eigenvalue weighted by Gasteiger charge is -2.35. The van der Waals surface area contributed by atoms with Crippen LogP contribution in [0.1, 0.15) is 57.6 Å². The Morgan fingerprint density at radius 3 is 2.29 bits per heavy atom. The van der Waals surface area contributed by atoms with Crippen molar-refractivity contribution in [2.45, 2.75) is 57.7 Å². The van der Waals surface area contributed by atoms with Crippen molar-refractivity contribution in [3.05, 3.63) is 54.1 Å². The lowest BCUT2D eigenvalue weighted by molar-refractivity contribution is -0.109. The molecule has 3 rings (SSSR count). The molecule has 0 saturated heterocycles. The van der Waals surface area contributed by atoms with Gasteiger partial charge in [-0.3, -0.25) is 0 Å². The van der Waals surface area contributed by atoms with Gasteiger partial charge < -0.3 is 9.84 Å². The van der Waals surface area contributed by atoms with Crippen molar-refractivity contribution >= 4 is 16.3 Å². The van der Waals surface area contributed by atoms with Gasteiger partial charge in [-0.15, -0.1) is 0 Å². The lowest BCUT2D eigenvalue weighted by atomic mass is 9.84. The fourth-order valence-electron chi connectivity index (χ4n) is 3.72. The average Bonchev–Trinajstić information content (AvgIpc) is 3.01. The zero-order chi connectivity index (χ0) is 17.4. The molecular formula is C22H28O2. The number of rotatable bonds is 5. The molecule has 1 aliphatic rings. The Morgan fingerprint density at radius 2 is 1.75 bits per heavy atom. The van der Waals surface area contributed by atoms with Gasteiger partial charge in [0.05, 0.1) is 17.8 Å². The second-order valence-corrected chi connectivity index (χ2v) is 7.83.